The topological polar surface area (TPSA) is 18.5 Å². The summed E-state index contributed by atoms with van der Waals surface area (Å²) < 4.78 is 11.0. The molecule has 0 fully saturated rings. The summed E-state index contributed by atoms with van der Waals surface area (Å²) in [7, 11) is 3.34. The van der Waals surface area contributed by atoms with Crippen molar-refractivity contribution in [3.05, 3.63) is 95.1 Å². The van der Waals surface area contributed by atoms with E-state index < -0.39 is 0 Å². The van der Waals surface area contributed by atoms with Crippen LogP contribution in [0.1, 0.15) is 22.3 Å². The van der Waals surface area contributed by atoms with Gasteiger partial charge in [-0.2, -0.15) is 71.8 Å². The van der Waals surface area contributed by atoms with Gasteiger partial charge in [0.15, 0.2) is 11.5 Å². The van der Waals surface area contributed by atoms with Crippen LogP contribution in [-0.2, 0) is 12.8 Å². The first-order valence-electron chi connectivity index (χ1n) is 7.94. The van der Waals surface area contributed by atoms with Crippen molar-refractivity contribution in [3.63, 3.8) is 0 Å². The molecule has 122 valence electrons. The summed E-state index contributed by atoms with van der Waals surface area (Å²) in [5, 5.41) is 0. The van der Waals surface area contributed by atoms with Crippen molar-refractivity contribution in [2.45, 2.75) is 12.8 Å². The predicted molar refractivity (Wildman–Crippen MR) is 95.7 cm³/mol. The third-order valence-electron chi connectivity index (χ3n) is 4.04. The Kier molecular flexibility index (Phi) is 9.71. The van der Waals surface area contributed by atoms with Crippen molar-refractivity contribution in [1.29, 1.82) is 0 Å². The van der Waals surface area contributed by atoms with Crippen LogP contribution < -0.4 is 47.2 Å². The van der Waals surface area contributed by atoms with Gasteiger partial charge in [0.25, 0.3) is 0 Å². The number of benzene rings is 3. The van der Waals surface area contributed by atoms with Gasteiger partial charge in [0.1, 0.15) is 0 Å². The quantitative estimate of drug-likeness (QED) is 0.404. The van der Waals surface area contributed by atoms with Crippen LogP contribution in [0.2, 0.25) is 0 Å². The zero-order valence-corrected chi connectivity index (χ0v) is 16.0. The molecule has 3 aromatic rings. The fraction of sp³-hybridized carbons (Fsp3) is 0.182. The molecule has 3 rings (SSSR count). The minimum Gasteiger partial charge on any atom is -0.493 e. The fourth-order valence-corrected chi connectivity index (χ4v) is 2.81. The van der Waals surface area contributed by atoms with Crippen molar-refractivity contribution >= 4 is 0 Å². The summed E-state index contributed by atoms with van der Waals surface area (Å²) in [6.07, 6.45) is 1.67. The van der Waals surface area contributed by atoms with Crippen LogP contribution in [0.4, 0.5) is 0 Å². The Morgan fingerprint density at radius 3 is 1.46 bits per heavy atom. The second-order valence-electron chi connectivity index (χ2n) is 5.65. The summed E-state index contributed by atoms with van der Waals surface area (Å²) in [6, 6.07) is 26.6. The largest absolute Gasteiger partial charge is 1.00 e. The van der Waals surface area contributed by atoms with Gasteiger partial charge in [-0.05, 0) is 36.1 Å². The van der Waals surface area contributed by atoms with Crippen molar-refractivity contribution < 1.29 is 47.2 Å². The first-order chi connectivity index (χ1) is 11.8. The molecule has 0 N–H and O–H groups in total. The predicted octanol–water partition coefficient (Wildman–Crippen LogP) is -1.51. The zero-order valence-electron chi connectivity index (χ0n) is 16.0. The van der Waals surface area contributed by atoms with Gasteiger partial charge in [0.2, 0.25) is 0 Å². The molecule has 3 aromatic carbocycles. The number of rotatable bonds is 6. The van der Waals surface area contributed by atoms with Gasteiger partial charge in [-0.1, -0.05) is 0 Å². The standard InChI is InChI=1S/C22H20O2.2Li/c1-23-21-15-19(13-17-9-5-3-6-10-17)20(16-22(21)24-2)14-18-11-7-4-8-12-18;;/h3-5,7,9-12,15-16H,13-14H2,1-2H3;;/q-2;2*+1. The Morgan fingerprint density at radius 2 is 1.15 bits per heavy atom. The van der Waals surface area contributed by atoms with Crippen LogP contribution in [0.5, 0.6) is 11.5 Å². The van der Waals surface area contributed by atoms with Gasteiger partial charge in [-0.3, -0.25) is 0 Å². The van der Waals surface area contributed by atoms with E-state index in [1.54, 1.807) is 14.2 Å². The Hall–Kier alpha value is -1.55. The maximum Gasteiger partial charge on any atom is 1.00 e. The molecule has 4 heteroatoms. The molecule has 0 saturated carbocycles. The van der Waals surface area contributed by atoms with Gasteiger partial charge in [0, 0.05) is 0 Å². The summed E-state index contributed by atoms with van der Waals surface area (Å²) in [4.78, 5) is 0. The summed E-state index contributed by atoms with van der Waals surface area (Å²) in [6.45, 7) is 0. The number of hydrogen-bond donors (Lipinski definition) is 0. The van der Waals surface area contributed by atoms with E-state index in [-0.39, 0.29) is 37.7 Å². The van der Waals surface area contributed by atoms with Crippen LogP contribution in [0.3, 0.4) is 0 Å². The van der Waals surface area contributed by atoms with Gasteiger partial charge < -0.3 is 9.47 Å². The SMILES string of the molecule is COc1cc(Cc2c[c-]ccc2)c(Cc2c[c-]ccc2)cc1OC.[Li+].[Li+]. The van der Waals surface area contributed by atoms with Crippen molar-refractivity contribution in [2.24, 2.45) is 0 Å². The normalized spacial score (nSPS) is 9.62. The molecule has 0 aliphatic heterocycles. The van der Waals surface area contributed by atoms with Gasteiger partial charge in [0.05, 0.1) is 14.2 Å². The molecular weight excluding hydrogens is 310 g/mol. The van der Waals surface area contributed by atoms with E-state index >= 15 is 0 Å². The van der Waals surface area contributed by atoms with Gasteiger partial charge in [-0.25, -0.2) is 0 Å². The van der Waals surface area contributed by atoms with Crippen LogP contribution >= 0.6 is 0 Å². The van der Waals surface area contributed by atoms with E-state index in [9.17, 15) is 0 Å². The number of ether oxygens (including phenoxy) is 2. The molecule has 0 saturated heterocycles. The van der Waals surface area contributed by atoms with Crippen LogP contribution in [0.15, 0.2) is 60.7 Å². The zero-order chi connectivity index (χ0) is 16.8. The van der Waals surface area contributed by atoms with Crippen molar-refractivity contribution in [1.82, 2.24) is 0 Å². The molecule has 0 aliphatic rings. The van der Waals surface area contributed by atoms with E-state index in [4.69, 9.17) is 9.47 Å². The molecule has 0 heterocycles. The van der Waals surface area contributed by atoms with E-state index in [1.165, 1.54) is 22.3 Å². The number of hydrogen-bond acceptors (Lipinski definition) is 2. The molecule has 2 nitrogen and oxygen atoms in total. The number of methoxy groups -OCH3 is 2. The molecule has 0 spiro atoms. The van der Waals surface area contributed by atoms with Gasteiger partial charge in [-0.15, -0.1) is 0 Å². The van der Waals surface area contributed by atoms with E-state index in [1.807, 2.05) is 36.4 Å². The first kappa shape index (κ1) is 22.5. The summed E-state index contributed by atoms with van der Waals surface area (Å²) >= 11 is 0. The van der Waals surface area contributed by atoms with Crippen molar-refractivity contribution in [2.75, 3.05) is 14.2 Å². The van der Waals surface area contributed by atoms with Crippen molar-refractivity contribution in [3.8, 4) is 11.5 Å². The summed E-state index contributed by atoms with van der Waals surface area (Å²) in [5.74, 6) is 1.52. The molecule has 0 radical (unpaired) electrons. The van der Waals surface area contributed by atoms with Crippen LogP contribution in [0.25, 0.3) is 0 Å². The minimum absolute atomic E-state index is 0. The molecule has 0 atom stereocenters. The van der Waals surface area contributed by atoms with E-state index in [0.717, 1.165) is 24.3 Å². The molecular formula is C22H20Li2O2. The molecule has 0 aliphatic carbocycles. The Bertz CT molecular complexity index is 721. The third-order valence-corrected chi connectivity index (χ3v) is 4.04. The minimum atomic E-state index is 0. The Labute approximate surface area is 180 Å². The second kappa shape index (κ2) is 11.2. The maximum absolute atomic E-state index is 5.48. The van der Waals surface area contributed by atoms with E-state index in [0.29, 0.717) is 0 Å². The average molecular weight is 330 g/mol. The Morgan fingerprint density at radius 1 is 0.731 bits per heavy atom. The third kappa shape index (κ3) is 5.73. The van der Waals surface area contributed by atoms with E-state index in [2.05, 4.69) is 36.4 Å². The van der Waals surface area contributed by atoms with Gasteiger partial charge >= 0.3 is 37.7 Å². The molecule has 0 unspecified atom stereocenters. The fourth-order valence-electron chi connectivity index (χ4n) is 2.81. The monoisotopic (exact) mass is 330 g/mol. The molecule has 0 amide bonds. The average Bonchev–Trinajstić information content (AvgIpc) is 2.64. The molecule has 26 heavy (non-hydrogen) atoms. The maximum atomic E-state index is 5.48. The van der Waals surface area contributed by atoms with Crippen LogP contribution in [0, 0.1) is 12.1 Å². The smallest absolute Gasteiger partial charge is 0.493 e. The van der Waals surface area contributed by atoms with Crippen LogP contribution in [-0.4, -0.2) is 14.2 Å². The summed E-state index contributed by atoms with van der Waals surface area (Å²) in [5.41, 5.74) is 4.92. The molecule has 0 bridgehead atoms. The second-order valence-corrected chi connectivity index (χ2v) is 5.65. The molecule has 0 aromatic heterocycles. The first-order valence-corrected chi connectivity index (χ1v) is 7.94. The Balaban J connectivity index is 0.00000169.